The van der Waals surface area contributed by atoms with E-state index in [4.69, 9.17) is 0 Å². The Kier molecular flexibility index (Phi) is 8.74. The number of nitrogens with one attached hydrogen (secondary N) is 4. The zero-order valence-corrected chi connectivity index (χ0v) is 20.9. The number of hydrogen-bond acceptors (Lipinski definition) is 5. The second kappa shape index (κ2) is 12.2. The number of amides is 3. The van der Waals surface area contributed by atoms with E-state index in [-0.39, 0.29) is 22.9 Å². The van der Waals surface area contributed by atoms with Crippen LogP contribution in [0.3, 0.4) is 0 Å². The molecule has 1 aromatic carbocycles. The van der Waals surface area contributed by atoms with Crippen LogP contribution in [0.25, 0.3) is 0 Å². The Bertz CT molecular complexity index is 1210. The van der Waals surface area contributed by atoms with Gasteiger partial charge in [-0.3, -0.25) is 19.7 Å². The van der Waals surface area contributed by atoms with Crippen molar-refractivity contribution in [3.8, 4) is 0 Å². The molecule has 4 N–H and O–H groups in total. The molecule has 0 radical (unpaired) electrons. The van der Waals surface area contributed by atoms with Gasteiger partial charge in [0, 0.05) is 36.8 Å². The average Bonchev–Trinajstić information content (AvgIpc) is 3.31. The van der Waals surface area contributed by atoms with Gasteiger partial charge in [0.15, 0.2) is 0 Å². The minimum absolute atomic E-state index is 0.000192. The lowest BCUT2D eigenvalue weighted by Gasteiger charge is -2.19. The van der Waals surface area contributed by atoms with E-state index in [2.05, 4.69) is 53.8 Å². The lowest BCUT2D eigenvalue weighted by Crippen LogP contribution is -2.37. The van der Waals surface area contributed by atoms with E-state index in [1.54, 1.807) is 13.1 Å². The van der Waals surface area contributed by atoms with Crippen LogP contribution >= 0.6 is 0 Å². The molecule has 4 rings (SSSR count). The largest absolute Gasteiger partial charge is 0.522 e. The highest BCUT2D eigenvalue weighted by Gasteiger charge is 2.30. The molecule has 2 heterocycles. The number of alkyl halides is 3. The lowest BCUT2D eigenvalue weighted by molar-refractivity contribution is -0.362. The summed E-state index contributed by atoms with van der Waals surface area (Å²) in [7, 11) is 0. The van der Waals surface area contributed by atoms with Crippen molar-refractivity contribution < 1.29 is 32.5 Å². The number of aryl methyl sites for hydroxylation is 1. The Balaban J connectivity index is 1.40. The molecule has 202 valence electrons. The Morgan fingerprint density at radius 3 is 2.79 bits per heavy atom. The fourth-order valence-electron chi connectivity index (χ4n) is 4.31. The van der Waals surface area contributed by atoms with Gasteiger partial charge >= 0.3 is 12.4 Å². The molecule has 3 amide bonds. The quantitative estimate of drug-likeness (QED) is 0.478. The van der Waals surface area contributed by atoms with Gasteiger partial charge in [-0.1, -0.05) is 18.2 Å². The fourth-order valence-corrected chi connectivity index (χ4v) is 4.31. The van der Waals surface area contributed by atoms with Gasteiger partial charge in [0.05, 0.1) is 18.0 Å². The highest BCUT2D eigenvalue weighted by atomic mass is 19.4. The van der Waals surface area contributed by atoms with Crippen LogP contribution in [0.15, 0.2) is 54.4 Å². The van der Waals surface area contributed by atoms with Gasteiger partial charge in [-0.15, -0.1) is 13.2 Å². The normalized spacial score (nSPS) is 17.7. The number of rotatable bonds is 8. The minimum Gasteiger partial charge on any atom is -0.348 e. The molecule has 0 bridgehead atoms. The maximum atomic E-state index is 12.9. The summed E-state index contributed by atoms with van der Waals surface area (Å²) in [6, 6.07) is 3.34. The number of benzene rings is 1. The average molecular weight is 532 g/mol. The number of likely N-dealkylation sites (tertiary alicyclic amines) is 1. The number of halogens is 3. The molecule has 1 aliphatic carbocycles. The lowest BCUT2D eigenvalue weighted by atomic mass is 10.1. The van der Waals surface area contributed by atoms with Crippen LogP contribution in [0.4, 0.5) is 29.5 Å². The highest BCUT2D eigenvalue weighted by molar-refractivity contribution is 6.00. The van der Waals surface area contributed by atoms with Gasteiger partial charge in [0.1, 0.15) is 12.4 Å². The molecule has 1 fully saturated rings. The third kappa shape index (κ3) is 8.12. The molecule has 1 aliphatic heterocycles. The molecule has 2 aliphatic rings. The van der Waals surface area contributed by atoms with Crippen LogP contribution < -0.4 is 20.9 Å². The molecule has 2 aromatic rings. The van der Waals surface area contributed by atoms with E-state index in [0.29, 0.717) is 18.1 Å². The van der Waals surface area contributed by atoms with Crippen molar-refractivity contribution in [1.29, 1.82) is 0 Å². The zero-order valence-electron chi connectivity index (χ0n) is 20.9. The maximum Gasteiger partial charge on any atom is 0.522 e. The van der Waals surface area contributed by atoms with Gasteiger partial charge in [0.2, 0.25) is 0 Å². The first-order valence-corrected chi connectivity index (χ1v) is 12.3. The maximum absolute atomic E-state index is 12.9. The number of carbonyl (C=O) groups excluding carboxylic acids is 2. The van der Waals surface area contributed by atoms with Crippen LogP contribution in [0.5, 0.6) is 0 Å². The van der Waals surface area contributed by atoms with Crippen LogP contribution in [-0.2, 0) is 11.3 Å². The van der Waals surface area contributed by atoms with E-state index < -0.39 is 24.9 Å². The SMILES string of the molecule is Cc1c[nH+]c(NC(=O)Nc2ccc(C(=O)NC3CCN(CC4=CCCC=C4)C3)cc2COC(F)(F)F)cn1. The molecule has 1 unspecified atom stereocenters. The summed E-state index contributed by atoms with van der Waals surface area (Å²) in [6.45, 7) is 3.23. The standard InChI is InChI=1S/C26H29F3N6O3/c1-17-12-31-23(13-30-17)34-25(37)33-22-8-7-19(11-20(22)16-38-26(27,28)29)24(36)32-21-9-10-35(15-21)14-18-5-3-2-4-6-18/h3,5-8,11-13,21H,2,4,9-10,14-16H2,1H3,(H,32,36)(H2,31,33,34,37)/p+1. The topological polar surface area (TPSA) is 110 Å². The van der Waals surface area contributed by atoms with E-state index in [0.717, 1.165) is 32.4 Å². The van der Waals surface area contributed by atoms with Crippen LogP contribution in [0.1, 0.15) is 40.9 Å². The first kappa shape index (κ1) is 27.3. The first-order valence-electron chi connectivity index (χ1n) is 12.3. The van der Waals surface area contributed by atoms with Crippen molar-refractivity contribution in [2.24, 2.45) is 0 Å². The van der Waals surface area contributed by atoms with Crippen molar-refractivity contribution in [3.63, 3.8) is 0 Å². The third-order valence-electron chi connectivity index (χ3n) is 6.17. The van der Waals surface area contributed by atoms with Gasteiger partial charge in [-0.25, -0.2) is 14.8 Å². The predicted molar refractivity (Wildman–Crippen MR) is 134 cm³/mol. The van der Waals surface area contributed by atoms with Crippen molar-refractivity contribution in [3.05, 3.63) is 71.2 Å². The summed E-state index contributed by atoms with van der Waals surface area (Å²) in [4.78, 5) is 34.5. The first-order chi connectivity index (χ1) is 18.1. The number of aromatic amines is 1. The second-order valence-electron chi connectivity index (χ2n) is 9.24. The van der Waals surface area contributed by atoms with Gasteiger partial charge in [-0.05, 0) is 50.0 Å². The number of urea groups is 1. The number of hydrogen-bond donors (Lipinski definition) is 3. The Morgan fingerprint density at radius 1 is 1.24 bits per heavy atom. The van der Waals surface area contributed by atoms with Crippen molar-refractivity contribution in [2.75, 3.05) is 30.3 Å². The number of carbonyl (C=O) groups is 2. The highest BCUT2D eigenvalue weighted by Crippen LogP contribution is 2.25. The summed E-state index contributed by atoms with van der Waals surface area (Å²) in [6.07, 6.45) is 7.49. The number of anilines is 2. The number of aromatic nitrogens is 2. The van der Waals surface area contributed by atoms with E-state index in [9.17, 15) is 22.8 Å². The molecule has 1 saturated heterocycles. The Hall–Kier alpha value is -3.77. The van der Waals surface area contributed by atoms with Crippen LogP contribution in [0.2, 0.25) is 0 Å². The van der Waals surface area contributed by atoms with Crippen molar-refractivity contribution in [2.45, 2.75) is 45.2 Å². The summed E-state index contributed by atoms with van der Waals surface area (Å²) < 4.78 is 42.3. The van der Waals surface area contributed by atoms with E-state index >= 15 is 0 Å². The summed E-state index contributed by atoms with van der Waals surface area (Å²) in [5.41, 5.74) is 2.22. The fraction of sp³-hybridized carbons (Fsp3) is 0.385. The van der Waals surface area contributed by atoms with Gasteiger partial charge in [-0.2, -0.15) is 5.32 Å². The second-order valence-corrected chi connectivity index (χ2v) is 9.24. The Labute approximate surface area is 218 Å². The van der Waals surface area contributed by atoms with E-state index in [1.807, 2.05) is 0 Å². The zero-order chi connectivity index (χ0) is 27.1. The third-order valence-corrected chi connectivity index (χ3v) is 6.17. The summed E-state index contributed by atoms with van der Waals surface area (Å²) >= 11 is 0. The molecule has 38 heavy (non-hydrogen) atoms. The molecule has 0 spiro atoms. The molecular formula is C26H30F3N6O3+. The molecular weight excluding hydrogens is 501 g/mol. The Morgan fingerprint density at radius 2 is 2.08 bits per heavy atom. The smallest absolute Gasteiger partial charge is 0.348 e. The monoisotopic (exact) mass is 531 g/mol. The molecule has 9 nitrogen and oxygen atoms in total. The number of allylic oxidation sites excluding steroid dienone is 2. The number of H-pyrrole nitrogens is 1. The van der Waals surface area contributed by atoms with Crippen LogP contribution in [0, 0.1) is 6.92 Å². The van der Waals surface area contributed by atoms with Crippen LogP contribution in [-0.4, -0.2) is 53.9 Å². The summed E-state index contributed by atoms with van der Waals surface area (Å²) in [5, 5.41) is 7.98. The molecule has 12 heteroatoms. The van der Waals surface area contributed by atoms with Gasteiger partial charge in [0.25, 0.3) is 11.7 Å². The summed E-state index contributed by atoms with van der Waals surface area (Å²) in [5.74, 6) is -0.114. The number of nitrogens with zero attached hydrogens (tertiary/aromatic N) is 2. The van der Waals surface area contributed by atoms with Crippen molar-refractivity contribution >= 4 is 23.4 Å². The molecule has 0 saturated carbocycles. The molecule has 1 atom stereocenters. The van der Waals surface area contributed by atoms with Gasteiger partial charge < -0.3 is 5.32 Å². The van der Waals surface area contributed by atoms with E-state index in [1.165, 1.54) is 30.0 Å². The number of ether oxygens (including phenoxy) is 1. The predicted octanol–water partition coefficient (Wildman–Crippen LogP) is 3.97. The minimum atomic E-state index is -4.88. The van der Waals surface area contributed by atoms with Crippen molar-refractivity contribution in [1.82, 2.24) is 15.2 Å². The molecule has 1 aromatic heterocycles.